The number of thioether (sulfide) groups is 1. The number of rotatable bonds is 8. The van der Waals surface area contributed by atoms with E-state index in [0.29, 0.717) is 10.8 Å². The zero-order valence-electron chi connectivity index (χ0n) is 14.3. The quantitative estimate of drug-likeness (QED) is 0.638. The summed E-state index contributed by atoms with van der Waals surface area (Å²) in [5.74, 6) is 2.00. The molecular formula is C18H19ClN4O2S. The highest BCUT2D eigenvalue weighted by atomic mass is 35.5. The van der Waals surface area contributed by atoms with Crippen molar-refractivity contribution in [2.75, 3.05) is 18.6 Å². The summed E-state index contributed by atoms with van der Waals surface area (Å²) in [6, 6.07) is 12.4. The van der Waals surface area contributed by atoms with Crippen molar-refractivity contribution in [3.8, 4) is 5.75 Å². The van der Waals surface area contributed by atoms with Gasteiger partial charge in [-0.2, -0.15) is 11.8 Å². The first kappa shape index (κ1) is 18.5. The second kappa shape index (κ2) is 8.91. The summed E-state index contributed by atoms with van der Waals surface area (Å²) in [6.45, 7) is -0.0753. The van der Waals surface area contributed by atoms with Gasteiger partial charge in [0.15, 0.2) is 18.1 Å². The van der Waals surface area contributed by atoms with Crippen molar-refractivity contribution in [2.24, 2.45) is 0 Å². The molecule has 0 fully saturated rings. The smallest absolute Gasteiger partial charge is 0.258 e. The van der Waals surface area contributed by atoms with Gasteiger partial charge in [0.05, 0.1) is 6.04 Å². The van der Waals surface area contributed by atoms with Gasteiger partial charge in [0.1, 0.15) is 5.75 Å². The molecule has 0 aliphatic carbocycles. The second-order valence-corrected chi connectivity index (χ2v) is 7.05. The summed E-state index contributed by atoms with van der Waals surface area (Å²) in [5, 5.41) is 12.1. The summed E-state index contributed by atoms with van der Waals surface area (Å²) in [4.78, 5) is 12.4. The Kier molecular flexibility index (Phi) is 6.35. The minimum absolute atomic E-state index is 0.0753. The molecular weight excluding hydrogens is 372 g/mol. The van der Waals surface area contributed by atoms with E-state index < -0.39 is 0 Å². The molecule has 2 heterocycles. The van der Waals surface area contributed by atoms with Crippen LogP contribution in [0.3, 0.4) is 0 Å². The van der Waals surface area contributed by atoms with E-state index in [1.54, 1.807) is 36.0 Å². The number of hydrogen-bond acceptors (Lipinski definition) is 5. The maximum atomic E-state index is 12.4. The minimum atomic E-state index is -0.235. The van der Waals surface area contributed by atoms with Gasteiger partial charge in [0.25, 0.3) is 5.91 Å². The summed E-state index contributed by atoms with van der Waals surface area (Å²) in [6.07, 6.45) is 4.68. The van der Waals surface area contributed by atoms with Gasteiger partial charge in [-0.05, 0) is 54.8 Å². The van der Waals surface area contributed by atoms with E-state index in [1.165, 1.54) is 0 Å². The number of carbonyl (C=O) groups excluding carboxylic acids is 1. The molecule has 26 heavy (non-hydrogen) atoms. The van der Waals surface area contributed by atoms with Crippen molar-refractivity contribution in [1.82, 2.24) is 19.9 Å². The van der Waals surface area contributed by atoms with Crippen LogP contribution in [0.4, 0.5) is 0 Å². The van der Waals surface area contributed by atoms with Crippen LogP contribution < -0.4 is 10.1 Å². The molecule has 1 atom stereocenters. The number of amides is 1. The predicted octanol–water partition coefficient (Wildman–Crippen LogP) is 3.37. The van der Waals surface area contributed by atoms with Gasteiger partial charge in [-0.15, -0.1) is 10.2 Å². The Balaban J connectivity index is 1.67. The maximum Gasteiger partial charge on any atom is 0.258 e. The number of ether oxygens (including phenoxy) is 1. The van der Waals surface area contributed by atoms with E-state index in [9.17, 15) is 4.79 Å². The van der Waals surface area contributed by atoms with Crippen LogP contribution in [-0.2, 0) is 4.79 Å². The third-order valence-corrected chi connectivity index (χ3v) is 4.68. The van der Waals surface area contributed by atoms with Gasteiger partial charge in [0.2, 0.25) is 0 Å². The molecule has 3 rings (SSSR count). The Bertz CT molecular complexity index is 869. The largest absolute Gasteiger partial charge is 0.484 e. The molecule has 1 aromatic carbocycles. The Morgan fingerprint density at radius 3 is 2.85 bits per heavy atom. The average molecular weight is 391 g/mol. The first-order valence-corrected chi connectivity index (χ1v) is 9.91. The number of pyridine rings is 1. The van der Waals surface area contributed by atoms with Crippen LogP contribution >= 0.6 is 23.4 Å². The van der Waals surface area contributed by atoms with Gasteiger partial charge in [0, 0.05) is 11.2 Å². The summed E-state index contributed by atoms with van der Waals surface area (Å²) < 4.78 is 7.41. The molecule has 1 N–H and O–H groups in total. The SMILES string of the molecule is CSCC[C@@H](NC(=O)COc1ccc(Cl)cc1)c1nnc2ccccn12. The van der Waals surface area contributed by atoms with Gasteiger partial charge in [-0.25, -0.2) is 0 Å². The first-order chi connectivity index (χ1) is 12.7. The van der Waals surface area contributed by atoms with Crippen molar-refractivity contribution in [3.05, 3.63) is 59.5 Å². The average Bonchev–Trinajstić information content (AvgIpc) is 3.09. The van der Waals surface area contributed by atoms with Crippen LogP contribution in [0.15, 0.2) is 48.7 Å². The number of halogens is 1. The van der Waals surface area contributed by atoms with Crippen LogP contribution in [-0.4, -0.2) is 39.1 Å². The molecule has 136 valence electrons. The fourth-order valence-corrected chi connectivity index (χ4v) is 3.11. The number of fused-ring (bicyclic) bond motifs is 1. The van der Waals surface area contributed by atoms with Crippen molar-refractivity contribution in [3.63, 3.8) is 0 Å². The zero-order valence-corrected chi connectivity index (χ0v) is 15.8. The topological polar surface area (TPSA) is 68.5 Å². The normalized spacial score (nSPS) is 12.1. The fraction of sp³-hybridized carbons (Fsp3) is 0.278. The fourth-order valence-electron chi connectivity index (χ4n) is 2.51. The predicted molar refractivity (Wildman–Crippen MR) is 104 cm³/mol. The highest BCUT2D eigenvalue weighted by Gasteiger charge is 2.20. The van der Waals surface area contributed by atoms with Gasteiger partial charge in [-0.3, -0.25) is 9.20 Å². The molecule has 2 aromatic heterocycles. The standard InChI is InChI=1S/C18H19ClN4O2S/c1-26-11-9-15(18-22-21-16-4-2-3-10-23(16)18)20-17(24)12-25-14-7-5-13(19)6-8-14/h2-8,10,15H,9,11-12H2,1H3,(H,20,24)/t15-/m1/s1. The Hall–Kier alpha value is -2.25. The van der Waals surface area contributed by atoms with Crippen LogP contribution in [0.2, 0.25) is 5.02 Å². The molecule has 0 aliphatic rings. The van der Waals surface area contributed by atoms with E-state index in [4.69, 9.17) is 16.3 Å². The lowest BCUT2D eigenvalue weighted by Crippen LogP contribution is -2.34. The lowest BCUT2D eigenvalue weighted by atomic mass is 10.2. The molecule has 0 saturated carbocycles. The highest BCUT2D eigenvalue weighted by Crippen LogP contribution is 2.19. The van der Waals surface area contributed by atoms with Crippen molar-refractivity contribution >= 4 is 34.9 Å². The third-order valence-electron chi connectivity index (χ3n) is 3.78. The summed E-state index contributed by atoms with van der Waals surface area (Å²) in [7, 11) is 0. The minimum Gasteiger partial charge on any atom is -0.484 e. The van der Waals surface area contributed by atoms with E-state index in [-0.39, 0.29) is 18.6 Å². The third kappa shape index (κ3) is 4.68. The molecule has 0 bridgehead atoms. The van der Waals surface area contributed by atoms with Crippen LogP contribution in [0.5, 0.6) is 5.75 Å². The second-order valence-electron chi connectivity index (χ2n) is 5.63. The van der Waals surface area contributed by atoms with Crippen molar-refractivity contribution in [1.29, 1.82) is 0 Å². The Morgan fingerprint density at radius 1 is 1.27 bits per heavy atom. The van der Waals surface area contributed by atoms with E-state index >= 15 is 0 Å². The molecule has 0 unspecified atom stereocenters. The van der Waals surface area contributed by atoms with E-state index in [2.05, 4.69) is 15.5 Å². The lowest BCUT2D eigenvalue weighted by Gasteiger charge is -2.17. The molecule has 6 nitrogen and oxygen atoms in total. The Morgan fingerprint density at radius 2 is 2.08 bits per heavy atom. The molecule has 3 aromatic rings. The summed E-state index contributed by atoms with van der Waals surface area (Å²) >= 11 is 7.56. The zero-order chi connectivity index (χ0) is 18.4. The number of nitrogens with one attached hydrogen (secondary N) is 1. The number of aromatic nitrogens is 3. The van der Waals surface area contributed by atoms with Crippen LogP contribution in [0.1, 0.15) is 18.3 Å². The molecule has 8 heteroatoms. The van der Waals surface area contributed by atoms with Gasteiger partial charge >= 0.3 is 0 Å². The molecule has 0 spiro atoms. The Labute approximate surface area is 160 Å². The van der Waals surface area contributed by atoms with Crippen LogP contribution in [0, 0.1) is 0 Å². The van der Waals surface area contributed by atoms with Crippen molar-refractivity contribution < 1.29 is 9.53 Å². The number of benzene rings is 1. The highest BCUT2D eigenvalue weighted by molar-refractivity contribution is 7.98. The lowest BCUT2D eigenvalue weighted by molar-refractivity contribution is -0.123. The molecule has 0 radical (unpaired) electrons. The van der Waals surface area contributed by atoms with E-state index in [0.717, 1.165) is 23.6 Å². The first-order valence-electron chi connectivity index (χ1n) is 8.13. The molecule has 0 saturated heterocycles. The molecule has 1 amide bonds. The summed E-state index contributed by atoms with van der Waals surface area (Å²) in [5.41, 5.74) is 0.753. The van der Waals surface area contributed by atoms with Crippen molar-refractivity contribution in [2.45, 2.75) is 12.5 Å². The number of hydrogen-bond donors (Lipinski definition) is 1. The van der Waals surface area contributed by atoms with Gasteiger partial charge < -0.3 is 10.1 Å². The van der Waals surface area contributed by atoms with E-state index in [1.807, 2.05) is 35.1 Å². The number of nitrogens with zero attached hydrogens (tertiary/aromatic N) is 3. The van der Waals surface area contributed by atoms with Crippen LogP contribution in [0.25, 0.3) is 5.65 Å². The molecule has 0 aliphatic heterocycles. The monoisotopic (exact) mass is 390 g/mol. The maximum absolute atomic E-state index is 12.4. The van der Waals surface area contributed by atoms with Gasteiger partial charge in [-0.1, -0.05) is 17.7 Å². The number of carbonyl (C=O) groups is 1.